The number of carbonyl (C=O) groups is 1. The minimum atomic E-state index is -0.118. The van der Waals surface area contributed by atoms with Crippen LogP contribution in [0.15, 0.2) is 52.1 Å². The molecule has 1 aromatic carbocycles. The quantitative estimate of drug-likeness (QED) is 0.444. The van der Waals surface area contributed by atoms with E-state index in [9.17, 15) is 4.79 Å². The Hall–Kier alpha value is -2.76. The molecular formula is C23H32N4O2. The topological polar surface area (TPSA) is 78.7 Å². The lowest BCUT2D eigenvalue weighted by Crippen LogP contribution is -2.46. The van der Waals surface area contributed by atoms with Crippen LogP contribution in [0.1, 0.15) is 61.2 Å². The van der Waals surface area contributed by atoms with Crippen molar-refractivity contribution < 1.29 is 9.21 Å². The minimum Gasteiger partial charge on any atom is -0.467 e. The van der Waals surface area contributed by atoms with Gasteiger partial charge in [0.1, 0.15) is 5.76 Å². The van der Waals surface area contributed by atoms with E-state index in [1.807, 2.05) is 36.4 Å². The molecule has 0 radical (unpaired) electrons. The minimum absolute atomic E-state index is 0.118. The van der Waals surface area contributed by atoms with Crippen LogP contribution in [0.3, 0.4) is 0 Å². The van der Waals surface area contributed by atoms with Crippen LogP contribution in [0.2, 0.25) is 0 Å². The van der Waals surface area contributed by atoms with Gasteiger partial charge in [0, 0.05) is 18.7 Å². The number of hydrogen-bond donors (Lipinski definition) is 3. The highest BCUT2D eigenvalue weighted by Crippen LogP contribution is 2.42. The first-order valence-electron chi connectivity index (χ1n) is 10.6. The number of hydrogen-bond acceptors (Lipinski definition) is 3. The third kappa shape index (κ3) is 5.86. The molecular weight excluding hydrogens is 364 g/mol. The summed E-state index contributed by atoms with van der Waals surface area (Å²) in [6, 6.07) is 11.2. The number of guanidine groups is 1. The SMILES string of the molecule is CCNC(=NCc1cccc(C(=O)NCc2ccco2)c1)NCC1(CC)CCC1. The average molecular weight is 397 g/mol. The summed E-state index contributed by atoms with van der Waals surface area (Å²) in [6.45, 7) is 7.02. The molecule has 1 aliphatic carbocycles. The first-order chi connectivity index (χ1) is 14.1. The zero-order valence-electron chi connectivity index (χ0n) is 17.5. The number of furan rings is 1. The van der Waals surface area contributed by atoms with E-state index in [0.29, 0.717) is 24.1 Å². The molecule has 1 amide bonds. The molecule has 0 spiro atoms. The maximum absolute atomic E-state index is 12.4. The lowest BCUT2D eigenvalue weighted by atomic mass is 9.67. The van der Waals surface area contributed by atoms with E-state index in [2.05, 4.69) is 29.8 Å². The fourth-order valence-electron chi connectivity index (χ4n) is 3.61. The van der Waals surface area contributed by atoms with Crippen LogP contribution < -0.4 is 16.0 Å². The Bertz CT molecular complexity index is 805. The number of benzene rings is 1. The van der Waals surface area contributed by atoms with Crippen LogP contribution in [0.25, 0.3) is 0 Å². The van der Waals surface area contributed by atoms with E-state index < -0.39 is 0 Å². The fraction of sp³-hybridized carbons (Fsp3) is 0.478. The molecule has 0 aliphatic heterocycles. The van der Waals surface area contributed by atoms with Gasteiger partial charge in [0.05, 0.1) is 19.4 Å². The van der Waals surface area contributed by atoms with Gasteiger partial charge in [-0.3, -0.25) is 4.79 Å². The fourth-order valence-corrected chi connectivity index (χ4v) is 3.61. The number of carbonyl (C=O) groups excluding carboxylic acids is 1. The van der Waals surface area contributed by atoms with Crippen LogP contribution in [0.5, 0.6) is 0 Å². The van der Waals surface area contributed by atoms with Crippen molar-refractivity contribution in [1.29, 1.82) is 0 Å². The van der Waals surface area contributed by atoms with Crippen molar-refractivity contribution in [2.45, 2.75) is 52.6 Å². The van der Waals surface area contributed by atoms with Gasteiger partial charge in [0.25, 0.3) is 5.91 Å². The van der Waals surface area contributed by atoms with Gasteiger partial charge in [-0.1, -0.05) is 25.5 Å². The van der Waals surface area contributed by atoms with Crippen LogP contribution in [-0.2, 0) is 13.1 Å². The standard InChI is InChI=1S/C23H32N4O2/c1-3-23(11-7-12-23)17-27-22(24-4-2)26-15-18-8-5-9-19(14-18)21(28)25-16-20-10-6-13-29-20/h5-6,8-10,13-14H,3-4,7,11-12,15-17H2,1-2H3,(H,25,28)(H2,24,26,27). The van der Waals surface area contributed by atoms with E-state index in [0.717, 1.165) is 30.4 Å². The number of amides is 1. The largest absolute Gasteiger partial charge is 0.467 e. The van der Waals surface area contributed by atoms with Crippen molar-refractivity contribution in [2.24, 2.45) is 10.4 Å². The summed E-state index contributed by atoms with van der Waals surface area (Å²) in [5.41, 5.74) is 2.06. The number of nitrogens with one attached hydrogen (secondary N) is 3. The molecule has 3 rings (SSSR count). The highest BCUT2D eigenvalue weighted by Gasteiger charge is 2.34. The van der Waals surface area contributed by atoms with E-state index in [1.165, 1.54) is 25.7 Å². The summed E-state index contributed by atoms with van der Waals surface area (Å²) in [6.07, 6.45) is 6.73. The predicted molar refractivity (Wildman–Crippen MR) is 116 cm³/mol. The smallest absolute Gasteiger partial charge is 0.251 e. The van der Waals surface area contributed by atoms with Crippen molar-refractivity contribution >= 4 is 11.9 Å². The van der Waals surface area contributed by atoms with E-state index in [4.69, 9.17) is 9.41 Å². The average Bonchev–Trinajstić information content (AvgIpc) is 3.23. The molecule has 6 nitrogen and oxygen atoms in total. The first kappa shape index (κ1) is 21.0. The Kier molecular flexibility index (Phi) is 7.33. The summed E-state index contributed by atoms with van der Waals surface area (Å²) in [4.78, 5) is 17.1. The Labute approximate surface area is 173 Å². The molecule has 29 heavy (non-hydrogen) atoms. The Morgan fingerprint density at radius 3 is 2.66 bits per heavy atom. The maximum atomic E-state index is 12.4. The molecule has 1 fully saturated rings. The monoisotopic (exact) mass is 396 g/mol. The van der Waals surface area contributed by atoms with Gasteiger partial charge in [0.2, 0.25) is 0 Å². The molecule has 0 saturated heterocycles. The number of aliphatic imine (C=N–C) groups is 1. The van der Waals surface area contributed by atoms with Gasteiger partial charge in [-0.2, -0.15) is 0 Å². The molecule has 0 bridgehead atoms. The molecule has 1 heterocycles. The highest BCUT2D eigenvalue weighted by molar-refractivity contribution is 5.94. The van der Waals surface area contributed by atoms with E-state index in [1.54, 1.807) is 6.26 Å². The Morgan fingerprint density at radius 1 is 1.14 bits per heavy atom. The lowest BCUT2D eigenvalue weighted by Gasteiger charge is -2.41. The maximum Gasteiger partial charge on any atom is 0.251 e. The third-order valence-electron chi connectivity index (χ3n) is 5.75. The number of rotatable bonds is 9. The van der Waals surface area contributed by atoms with Gasteiger partial charge in [-0.25, -0.2) is 4.99 Å². The third-order valence-corrected chi connectivity index (χ3v) is 5.75. The second-order valence-corrected chi connectivity index (χ2v) is 7.72. The second kappa shape index (κ2) is 10.1. The van der Waals surface area contributed by atoms with Gasteiger partial charge < -0.3 is 20.4 Å². The molecule has 156 valence electrons. The molecule has 2 aromatic rings. The predicted octanol–water partition coefficient (Wildman–Crippen LogP) is 3.85. The zero-order chi connectivity index (χ0) is 20.5. The van der Waals surface area contributed by atoms with Gasteiger partial charge >= 0.3 is 0 Å². The summed E-state index contributed by atoms with van der Waals surface area (Å²) < 4.78 is 5.25. The summed E-state index contributed by atoms with van der Waals surface area (Å²) in [5, 5.41) is 9.70. The molecule has 0 unspecified atom stereocenters. The molecule has 1 aromatic heterocycles. The van der Waals surface area contributed by atoms with Gasteiger partial charge in [-0.15, -0.1) is 0 Å². The van der Waals surface area contributed by atoms with Crippen LogP contribution in [-0.4, -0.2) is 25.0 Å². The second-order valence-electron chi connectivity index (χ2n) is 7.72. The van der Waals surface area contributed by atoms with Gasteiger partial charge in [-0.05, 0) is 61.4 Å². The van der Waals surface area contributed by atoms with E-state index >= 15 is 0 Å². The van der Waals surface area contributed by atoms with Crippen LogP contribution in [0, 0.1) is 5.41 Å². The van der Waals surface area contributed by atoms with Crippen molar-refractivity contribution in [3.8, 4) is 0 Å². The van der Waals surface area contributed by atoms with Crippen molar-refractivity contribution in [3.63, 3.8) is 0 Å². The summed E-state index contributed by atoms with van der Waals surface area (Å²) in [7, 11) is 0. The number of nitrogens with zero attached hydrogens (tertiary/aromatic N) is 1. The summed E-state index contributed by atoms with van der Waals surface area (Å²) in [5.74, 6) is 1.45. The molecule has 6 heteroatoms. The van der Waals surface area contributed by atoms with E-state index in [-0.39, 0.29) is 5.91 Å². The summed E-state index contributed by atoms with van der Waals surface area (Å²) >= 11 is 0. The van der Waals surface area contributed by atoms with Crippen LogP contribution >= 0.6 is 0 Å². The van der Waals surface area contributed by atoms with Crippen molar-refractivity contribution in [3.05, 3.63) is 59.5 Å². The van der Waals surface area contributed by atoms with Gasteiger partial charge in [0.15, 0.2) is 5.96 Å². The molecule has 1 saturated carbocycles. The van der Waals surface area contributed by atoms with Crippen LogP contribution in [0.4, 0.5) is 0 Å². The normalized spacial score (nSPS) is 15.4. The molecule has 0 atom stereocenters. The Morgan fingerprint density at radius 2 is 2.00 bits per heavy atom. The van der Waals surface area contributed by atoms with Crippen molar-refractivity contribution in [2.75, 3.05) is 13.1 Å². The molecule has 3 N–H and O–H groups in total. The zero-order valence-corrected chi connectivity index (χ0v) is 17.5. The van der Waals surface area contributed by atoms with Crippen molar-refractivity contribution in [1.82, 2.24) is 16.0 Å². The first-order valence-corrected chi connectivity index (χ1v) is 10.6. The Balaban J connectivity index is 1.57. The highest BCUT2D eigenvalue weighted by atomic mass is 16.3. The lowest BCUT2D eigenvalue weighted by molar-refractivity contribution is 0.0948. The molecule has 1 aliphatic rings.